The summed E-state index contributed by atoms with van der Waals surface area (Å²) < 4.78 is 51.7. The van der Waals surface area contributed by atoms with Gasteiger partial charge in [0.2, 0.25) is 0 Å². The number of tetrazole rings is 1. The standard InChI is InChI=1S/2C11H6F2N.C6H4N5.Ru/c2*12-9-3-4-10(11(13)6-9)8-2-1-5-14-7-8;1-2-4-7-5(3-1)6-8-10-11-9-6;/h2*1-6H;1-4H;/q3*-1;+3. The molecule has 40 heavy (non-hydrogen) atoms. The molecule has 0 aliphatic rings. The maximum absolute atomic E-state index is 13.2. The first-order valence-electron chi connectivity index (χ1n) is 11.2. The Labute approximate surface area is 239 Å². The van der Waals surface area contributed by atoms with Gasteiger partial charge in [0.15, 0.2) is 0 Å². The molecular formula is C28H16F4N7Ru. The van der Waals surface area contributed by atoms with Crippen molar-refractivity contribution in [2.24, 2.45) is 0 Å². The molecule has 7 nitrogen and oxygen atoms in total. The number of hydrogen-bond acceptors (Lipinski definition) is 6. The van der Waals surface area contributed by atoms with Gasteiger partial charge in [0, 0.05) is 18.3 Å². The first-order chi connectivity index (χ1) is 19.0. The fraction of sp³-hybridized carbons (Fsp3) is 0. The number of rotatable bonds is 3. The van der Waals surface area contributed by atoms with E-state index in [9.17, 15) is 17.6 Å². The molecule has 0 amide bonds. The first-order valence-corrected chi connectivity index (χ1v) is 11.2. The van der Waals surface area contributed by atoms with Crippen molar-refractivity contribution in [3.05, 3.63) is 133 Å². The Morgan fingerprint density at radius 2 is 1.20 bits per heavy atom. The molecule has 0 saturated carbocycles. The molecule has 1 radical (unpaired) electrons. The van der Waals surface area contributed by atoms with Crippen LogP contribution in [-0.4, -0.2) is 30.5 Å². The Hall–Kier alpha value is -4.70. The summed E-state index contributed by atoms with van der Waals surface area (Å²) in [4.78, 5) is 11.5. The fourth-order valence-electron chi connectivity index (χ4n) is 3.11. The molecule has 0 spiro atoms. The van der Waals surface area contributed by atoms with Crippen LogP contribution in [0.2, 0.25) is 0 Å². The van der Waals surface area contributed by atoms with Crippen LogP contribution in [0.5, 0.6) is 0 Å². The van der Waals surface area contributed by atoms with E-state index in [1.54, 1.807) is 48.9 Å². The van der Waals surface area contributed by atoms with Crippen LogP contribution in [0.15, 0.2) is 97.5 Å². The van der Waals surface area contributed by atoms with Gasteiger partial charge in [0.1, 0.15) is 11.6 Å². The van der Waals surface area contributed by atoms with E-state index in [4.69, 9.17) is 0 Å². The van der Waals surface area contributed by atoms with Crippen LogP contribution in [0.3, 0.4) is 0 Å². The second-order valence-electron chi connectivity index (χ2n) is 7.49. The van der Waals surface area contributed by atoms with Crippen molar-refractivity contribution in [2.75, 3.05) is 0 Å². The zero-order valence-electron chi connectivity index (χ0n) is 20.2. The van der Waals surface area contributed by atoms with Crippen molar-refractivity contribution in [3.8, 4) is 33.8 Å². The van der Waals surface area contributed by atoms with Crippen LogP contribution in [0.25, 0.3) is 33.8 Å². The Morgan fingerprint density at radius 1 is 0.625 bits per heavy atom. The molecule has 0 aliphatic heterocycles. The minimum atomic E-state index is -0.603. The second-order valence-corrected chi connectivity index (χ2v) is 7.49. The minimum absolute atomic E-state index is 0. The van der Waals surface area contributed by atoms with Crippen LogP contribution < -0.4 is 5.10 Å². The quantitative estimate of drug-likeness (QED) is 0.145. The summed E-state index contributed by atoms with van der Waals surface area (Å²) in [6.07, 6.45) is 10.0. The number of benzene rings is 2. The summed E-state index contributed by atoms with van der Waals surface area (Å²) in [5, 5.41) is 14.0. The predicted octanol–water partition coefficient (Wildman–Crippen LogP) is 5.54. The van der Waals surface area contributed by atoms with E-state index in [1.165, 1.54) is 24.3 Å². The third-order valence-electron chi connectivity index (χ3n) is 4.87. The molecule has 0 fully saturated rings. The minimum Gasteiger partial charge on any atom is -0.360 e. The Bertz CT molecular complexity index is 1510. The largest absolute Gasteiger partial charge is 3.00 e. The smallest absolute Gasteiger partial charge is 0.360 e. The fourth-order valence-corrected chi connectivity index (χ4v) is 3.11. The molecule has 0 saturated heterocycles. The number of hydrogen-bond donors (Lipinski definition) is 0. The molecule has 0 aliphatic carbocycles. The van der Waals surface area contributed by atoms with Gasteiger partial charge in [-0.3, -0.25) is 15.3 Å². The van der Waals surface area contributed by atoms with Gasteiger partial charge in [-0.1, -0.05) is 41.7 Å². The van der Waals surface area contributed by atoms with E-state index in [2.05, 4.69) is 48.0 Å². The molecule has 2 aromatic carbocycles. The molecular weight excluding hydrogens is 611 g/mol. The number of nitrogens with zero attached hydrogens (tertiary/aromatic N) is 7. The van der Waals surface area contributed by atoms with Crippen LogP contribution in [0, 0.1) is 35.7 Å². The van der Waals surface area contributed by atoms with Crippen LogP contribution in [-0.2, 0) is 19.5 Å². The Balaban J connectivity index is 0.000000165. The van der Waals surface area contributed by atoms with Gasteiger partial charge in [-0.15, -0.1) is 35.4 Å². The molecule has 199 valence electrons. The van der Waals surface area contributed by atoms with Gasteiger partial charge in [-0.05, 0) is 36.7 Å². The van der Waals surface area contributed by atoms with Crippen molar-refractivity contribution >= 4 is 0 Å². The molecule has 12 heteroatoms. The third kappa shape index (κ3) is 8.40. The topological polar surface area (TPSA) is 91.4 Å². The maximum atomic E-state index is 13.2. The molecule has 0 N–H and O–H groups in total. The summed E-state index contributed by atoms with van der Waals surface area (Å²) in [7, 11) is 0. The van der Waals surface area contributed by atoms with Crippen molar-refractivity contribution in [1.82, 2.24) is 35.6 Å². The Kier molecular flexibility index (Phi) is 11.2. The van der Waals surface area contributed by atoms with E-state index in [0.29, 0.717) is 33.8 Å². The van der Waals surface area contributed by atoms with Crippen molar-refractivity contribution < 1.29 is 37.0 Å². The maximum Gasteiger partial charge on any atom is 3.00 e. The number of pyridine rings is 3. The zero-order chi connectivity index (χ0) is 27.5. The summed E-state index contributed by atoms with van der Waals surface area (Å²) in [5.41, 5.74) is 2.34. The van der Waals surface area contributed by atoms with Crippen LogP contribution >= 0.6 is 0 Å². The summed E-state index contributed by atoms with van der Waals surface area (Å²) >= 11 is 0. The average molecular weight is 628 g/mol. The molecule has 4 aromatic heterocycles. The molecule has 4 heterocycles. The Morgan fingerprint density at radius 3 is 1.60 bits per heavy atom. The summed E-state index contributed by atoms with van der Waals surface area (Å²) in [6, 6.07) is 19.0. The van der Waals surface area contributed by atoms with Crippen molar-refractivity contribution in [3.63, 3.8) is 0 Å². The SMILES string of the molecule is Fc1ccc(-c2[c-]nccc2)c(F)c1.Fc1ccc(-c2[c-]nccc2)c(F)c1.[Ru+3].c1ccc(-c2nnn[n-]2)nc1. The third-order valence-corrected chi connectivity index (χ3v) is 4.87. The monoisotopic (exact) mass is 628 g/mol. The first kappa shape index (κ1) is 29.9. The second kappa shape index (κ2) is 15.0. The zero-order valence-corrected chi connectivity index (χ0v) is 22.0. The van der Waals surface area contributed by atoms with Gasteiger partial charge >= 0.3 is 19.5 Å². The molecule has 0 atom stereocenters. The van der Waals surface area contributed by atoms with Gasteiger partial charge < -0.3 is 15.1 Å². The van der Waals surface area contributed by atoms with Gasteiger partial charge in [-0.2, -0.15) is 5.21 Å². The number of aromatic nitrogens is 7. The van der Waals surface area contributed by atoms with Crippen molar-refractivity contribution in [2.45, 2.75) is 0 Å². The summed E-state index contributed by atoms with van der Waals surface area (Å²) in [5.74, 6) is -1.92. The van der Waals surface area contributed by atoms with E-state index in [-0.39, 0.29) is 19.5 Å². The molecule has 6 aromatic rings. The van der Waals surface area contributed by atoms with Gasteiger partial charge in [0.25, 0.3) is 0 Å². The van der Waals surface area contributed by atoms with Gasteiger partial charge in [-0.25, -0.2) is 17.6 Å². The molecule has 0 bridgehead atoms. The normalized spacial score (nSPS) is 9.80. The van der Waals surface area contributed by atoms with E-state index < -0.39 is 23.3 Å². The van der Waals surface area contributed by atoms with Crippen LogP contribution in [0.4, 0.5) is 17.6 Å². The van der Waals surface area contributed by atoms with Crippen molar-refractivity contribution in [1.29, 1.82) is 0 Å². The predicted molar refractivity (Wildman–Crippen MR) is 133 cm³/mol. The summed E-state index contributed by atoms with van der Waals surface area (Å²) in [6.45, 7) is 0. The molecule has 0 unspecified atom stereocenters. The van der Waals surface area contributed by atoms with E-state index in [1.807, 2.05) is 12.1 Å². The average Bonchev–Trinajstić information content (AvgIpc) is 3.51. The number of halogens is 4. The van der Waals surface area contributed by atoms with Crippen LogP contribution in [0.1, 0.15) is 0 Å². The van der Waals surface area contributed by atoms with E-state index in [0.717, 1.165) is 12.1 Å². The van der Waals surface area contributed by atoms with E-state index >= 15 is 0 Å². The molecule has 6 rings (SSSR count). The van der Waals surface area contributed by atoms with Gasteiger partial charge in [0.05, 0.1) is 23.2 Å².